The molecule has 2 nitrogen and oxygen atoms in total. The van der Waals surface area contributed by atoms with Crippen molar-refractivity contribution in [2.24, 2.45) is 11.3 Å². The molecule has 0 saturated heterocycles. The van der Waals surface area contributed by atoms with Crippen LogP contribution in [0.15, 0.2) is 0 Å². The second-order valence-corrected chi connectivity index (χ2v) is 4.84. The van der Waals surface area contributed by atoms with Gasteiger partial charge in [-0.15, -0.1) is 0 Å². The summed E-state index contributed by atoms with van der Waals surface area (Å²) in [6, 6.07) is 0. The highest BCUT2D eigenvalue weighted by Crippen LogP contribution is 2.47. The molecule has 2 rings (SSSR count). The molecule has 0 aliphatic heterocycles. The fourth-order valence-electron chi connectivity index (χ4n) is 2.70. The van der Waals surface area contributed by atoms with Gasteiger partial charge >= 0.3 is 0 Å². The van der Waals surface area contributed by atoms with Gasteiger partial charge in [0, 0.05) is 25.7 Å². The first-order valence-electron chi connectivity index (χ1n) is 5.13. The van der Waals surface area contributed by atoms with Crippen LogP contribution in [0.3, 0.4) is 0 Å². The van der Waals surface area contributed by atoms with E-state index in [2.05, 4.69) is 6.92 Å². The Morgan fingerprint density at radius 3 is 2.00 bits per heavy atom. The van der Waals surface area contributed by atoms with Gasteiger partial charge in [-0.3, -0.25) is 9.59 Å². The summed E-state index contributed by atoms with van der Waals surface area (Å²) in [5.74, 6) is 1.07. The lowest BCUT2D eigenvalue weighted by Gasteiger charge is -2.43. The second kappa shape index (κ2) is 2.93. The molecule has 13 heavy (non-hydrogen) atoms. The van der Waals surface area contributed by atoms with Crippen LogP contribution in [0.2, 0.25) is 0 Å². The van der Waals surface area contributed by atoms with E-state index in [0.717, 1.165) is 25.7 Å². The summed E-state index contributed by atoms with van der Waals surface area (Å²) in [4.78, 5) is 22.5. The molecule has 0 aromatic carbocycles. The van der Waals surface area contributed by atoms with E-state index in [9.17, 15) is 9.59 Å². The molecular formula is C11H16O2. The van der Waals surface area contributed by atoms with Crippen LogP contribution in [0.1, 0.15) is 45.4 Å². The van der Waals surface area contributed by atoms with E-state index in [4.69, 9.17) is 0 Å². The first-order valence-corrected chi connectivity index (χ1v) is 5.13. The van der Waals surface area contributed by atoms with Crippen LogP contribution in [0.4, 0.5) is 0 Å². The van der Waals surface area contributed by atoms with E-state index in [1.807, 2.05) is 0 Å². The zero-order valence-electron chi connectivity index (χ0n) is 8.14. The lowest BCUT2D eigenvalue weighted by atomic mass is 9.60. The summed E-state index contributed by atoms with van der Waals surface area (Å²) >= 11 is 0. The summed E-state index contributed by atoms with van der Waals surface area (Å²) < 4.78 is 0. The molecule has 2 heteroatoms. The Labute approximate surface area is 78.7 Å². The largest absolute Gasteiger partial charge is 0.300 e. The van der Waals surface area contributed by atoms with Crippen LogP contribution < -0.4 is 0 Å². The third-order valence-corrected chi connectivity index (χ3v) is 3.88. The predicted molar refractivity (Wildman–Crippen MR) is 49.3 cm³/mol. The first kappa shape index (κ1) is 8.92. The number of carbonyl (C=O) groups excluding carboxylic acids is 2. The third-order valence-electron chi connectivity index (χ3n) is 3.88. The number of Topliss-reactive ketones (excluding diaryl/α,β-unsaturated/α-hetero) is 2. The fraction of sp³-hybridized carbons (Fsp3) is 0.818. The first-order chi connectivity index (χ1) is 6.10. The van der Waals surface area contributed by atoms with Gasteiger partial charge in [0.15, 0.2) is 0 Å². The van der Waals surface area contributed by atoms with Gasteiger partial charge in [0.1, 0.15) is 11.6 Å². The fourth-order valence-corrected chi connectivity index (χ4v) is 2.70. The Bertz CT molecular complexity index is 233. The highest BCUT2D eigenvalue weighted by molar-refractivity contribution is 5.83. The molecule has 2 fully saturated rings. The maximum absolute atomic E-state index is 11.3. The molecule has 0 aromatic rings. The molecule has 0 unspecified atom stereocenters. The van der Waals surface area contributed by atoms with Gasteiger partial charge < -0.3 is 0 Å². The standard InChI is InChI=1S/C11H16O2/c1-11-4-2-9(12)6-8(11)7-10(13)3-5-11/h8H,2-7H2,1H3. The molecule has 0 amide bonds. The summed E-state index contributed by atoms with van der Waals surface area (Å²) in [6.07, 6.45) is 4.79. The highest BCUT2D eigenvalue weighted by Gasteiger charge is 2.42. The number of hydrogen-bond acceptors (Lipinski definition) is 2. The number of fused-ring (bicyclic) bond motifs is 1. The SMILES string of the molecule is CC12CCC(=O)CC1CC(=O)CC2. The van der Waals surface area contributed by atoms with Gasteiger partial charge in [-0.1, -0.05) is 6.92 Å². The van der Waals surface area contributed by atoms with Gasteiger partial charge in [0.2, 0.25) is 0 Å². The monoisotopic (exact) mass is 180 g/mol. The highest BCUT2D eigenvalue weighted by atomic mass is 16.1. The van der Waals surface area contributed by atoms with Gasteiger partial charge in [0.05, 0.1) is 0 Å². The van der Waals surface area contributed by atoms with E-state index in [-0.39, 0.29) is 0 Å². The van der Waals surface area contributed by atoms with E-state index in [0.29, 0.717) is 35.7 Å². The smallest absolute Gasteiger partial charge is 0.133 e. The minimum atomic E-state index is 0.293. The molecule has 0 heterocycles. The van der Waals surface area contributed by atoms with Crippen molar-refractivity contribution in [3.8, 4) is 0 Å². The van der Waals surface area contributed by atoms with Crippen molar-refractivity contribution >= 4 is 11.6 Å². The maximum atomic E-state index is 11.3. The summed E-state index contributed by atoms with van der Waals surface area (Å²) in [5, 5.41) is 0. The molecule has 0 atom stereocenters. The Morgan fingerprint density at radius 2 is 1.54 bits per heavy atom. The van der Waals surface area contributed by atoms with Crippen LogP contribution in [-0.2, 0) is 9.59 Å². The summed E-state index contributed by atoms with van der Waals surface area (Å²) in [7, 11) is 0. The molecular weight excluding hydrogens is 164 g/mol. The third kappa shape index (κ3) is 1.54. The quantitative estimate of drug-likeness (QED) is 0.572. The molecule has 72 valence electrons. The lowest BCUT2D eigenvalue weighted by Crippen LogP contribution is -2.39. The van der Waals surface area contributed by atoms with Crippen LogP contribution >= 0.6 is 0 Å². The van der Waals surface area contributed by atoms with E-state index in [1.165, 1.54) is 0 Å². The van der Waals surface area contributed by atoms with Crippen LogP contribution in [0.5, 0.6) is 0 Å². The topological polar surface area (TPSA) is 34.1 Å². The van der Waals surface area contributed by atoms with Crippen LogP contribution in [0, 0.1) is 11.3 Å². The summed E-state index contributed by atoms with van der Waals surface area (Å²) in [6.45, 7) is 2.25. The van der Waals surface area contributed by atoms with Crippen molar-refractivity contribution in [1.82, 2.24) is 0 Å². The number of carbonyl (C=O) groups is 2. The average Bonchev–Trinajstić information content (AvgIpc) is 2.08. The normalized spacial score (nSPS) is 40.2. The number of ketones is 2. The van der Waals surface area contributed by atoms with E-state index < -0.39 is 0 Å². The van der Waals surface area contributed by atoms with Crippen molar-refractivity contribution in [3.63, 3.8) is 0 Å². The van der Waals surface area contributed by atoms with Gasteiger partial charge in [-0.25, -0.2) is 0 Å². The molecule has 0 bridgehead atoms. The lowest BCUT2D eigenvalue weighted by molar-refractivity contribution is -0.131. The average molecular weight is 180 g/mol. The Balaban J connectivity index is 2.15. The van der Waals surface area contributed by atoms with Crippen LogP contribution in [0.25, 0.3) is 0 Å². The Hall–Kier alpha value is -0.660. The minimum absolute atomic E-state index is 0.293. The van der Waals surface area contributed by atoms with Gasteiger partial charge in [0.25, 0.3) is 0 Å². The van der Waals surface area contributed by atoms with E-state index in [1.54, 1.807) is 0 Å². The van der Waals surface area contributed by atoms with Crippen molar-refractivity contribution in [2.75, 3.05) is 0 Å². The number of hydrogen-bond donors (Lipinski definition) is 0. The van der Waals surface area contributed by atoms with Crippen molar-refractivity contribution in [1.29, 1.82) is 0 Å². The van der Waals surface area contributed by atoms with Crippen molar-refractivity contribution in [3.05, 3.63) is 0 Å². The molecule has 0 radical (unpaired) electrons. The van der Waals surface area contributed by atoms with Gasteiger partial charge in [-0.2, -0.15) is 0 Å². The Kier molecular flexibility index (Phi) is 2.01. The van der Waals surface area contributed by atoms with Gasteiger partial charge in [-0.05, 0) is 24.2 Å². The number of rotatable bonds is 0. The Morgan fingerprint density at radius 1 is 1.08 bits per heavy atom. The van der Waals surface area contributed by atoms with E-state index >= 15 is 0 Å². The second-order valence-electron chi connectivity index (χ2n) is 4.84. The zero-order valence-corrected chi connectivity index (χ0v) is 8.14. The molecule has 0 aromatic heterocycles. The minimum Gasteiger partial charge on any atom is -0.300 e. The van der Waals surface area contributed by atoms with Crippen LogP contribution in [-0.4, -0.2) is 11.6 Å². The predicted octanol–water partition coefficient (Wildman–Crippen LogP) is 2.11. The van der Waals surface area contributed by atoms with Crippen molar-refractivity contribution in [2.45, 2.75) is 45.4 Å². The maximum Gasteiger partial charge on any atom is 0.133 e. The molecule has 2 aliphatic rings. The molecule has 2 aliphatic carbocycles. The summed E-state index contributed by atoms with van der Waals surface area (Å²) in [5.41, 5.74) is 0.293. The van der Waals surface area contributed by atoms with Crippen molar-refractivity contribution < 1.29 is 9.59 Å². The molecule has 0 N–H and O–H groups in total. The molecule has 0 spiro atoms. The zero-order chi connectivity index (χ0) is 9.47. The molecule has 2 saturated carbocycles.